The third-order valence-corrected chi connectivity index (χ3v) is 0. The Bertz CT molecular complexity index is 72.1. The fourth-order valence-corrected chi connectivity index (χ4v) is 0. The molecule has 94 valence electrons. The van der Waals surface area contributed by atoms with Crippen molar-refractivity contribution in [3.05, 3.63) is 10.8 Å². The number of rotatable bonds is 0. The molecule has 0 unspecified atom stereocenters. The van der Waals surface area contributed by atoms with Gasteiger partial charge in [-0.2, -0.15) is 0 Å². The van der Waals surface area contributed by atoms with Gasteiger partial charge < -0.3 is 15.9 Å². The van der Waals surface area contributed by atoms with Gasteiger partial charge in [-0.05, 0) is 12.2 Å². The summed E-state index contributed by atoms with van der Waals surface area (Å²) in [5.41, 5.74) is 0. The molecule has 0 heterocycles. The summed E-state index contributed by atoms with van der Waals surface area (Å²) in [6.07, 6.45) is 1.00. The first kappa shape index (κ1) is 126. The van der Waals surface area contributed by atoms with E-state index in [9.17, 15) is 0 Å². The largest absolute Gasteiger partial charge is 0.724 e. The van der Waals surface area contributed by atoms with Gasteiger partial charge >= 0.3 is 0 Å². The molecule has 1 N–H and O–H groups in total. The molecule has 0 aromatic carbocycles. The first-order valence-corrected chi connectivity index (χ1v) is 1.30. The highest BCUT2D eigenvalue weighted by Gasteiger charge is 0.839. The van der Waals surface area contributed by atoms with Crippen LogP contribution in [0.25, 0.3) is 10.8 Å². The minimum absolute atomic E-state index is 0. The zero-order valence-corrected chi connectivity index (χ0v) is 4.16. The van der Waals surface area contributed by atoms with Crippen LogP contribution in [0, 0.1) is 0 Å². The van der Waals surface area contributed by atoms with E-state index in [0.717, 1.165) is 7.11 Å². The molecule has 0 amide bonds. The molecule has 0 bridgehead atoms. The van der Waals surface area contributed by atoms with Gasteiger partial charge in [0, 0.05) is 7.11 Å². The summed E-state index contributed by atoms with van der Waals surface area (Å²) in [5, 5.41) is 20.5. The second-order valence-corrected chi connectivity index (χ2v) is 0.183. The summed E-state index contributed by atoms with van der Waals surface area (Å²) < 4.78 is 0. The maximum Gasteiger partial charge on any atom is 0.0319 e. The van der Waals surface area contributed by atoms with E-state index in [-0.39, 0.29) is 44.6 Å². The molecule has 0 atom stereocenters. The van der Waals surface area contributed by atoms with Crippen LogP contribution in [-0.4, -0.2) is 24.4 Å². The SMILES string of the molecule is C.C.C.C.C.C.CO.[N-]=C=O.[N-]=C=O. The fraction of sp³-hybridized carbons (Fsp3) is 0.778. The van der Waals surface area contributed by atoms with E-state index in [1.807, 2.05) is 0 Å². The van der Waals surface area contributed by atoms with Crippen molar-refractivity contribution in [3.8, 4) is 0 Å². The van der Waals surface area contributed by atoms with Crippen molar-refractivity contribution in [2.24, 2.45) is 0 Å². The lowest BCUT2D eigenvalue weighted by Crippen LogP contribution is -1.25. The van der Waals surface area contributed by atoms with Crippen molar-refractivity contribution in [2.75, 3.05) is 7.11 Å². The number of isocyanates is 2. The Morgan fingerprint density at radius 3 is 0.714 bits per heavy atom. The number of hydrogen-bond acceptors (Lipinski definition) is 3. The first-order chi connectivity index (χ1) is 3.83. The smallest absolute Gasteiger partial charge is 0.0319 e. The van der Waals surface area contributed by atoms with Crippen LogP contribution in [-0.2, 0) is 9.59 Å². The lowest BCUT2D eigenvalue weighted by atomic mass is 11.7. The Kier molecular flexibility index (Phi) is 23400. The summed E-state index contributed by atoms with van der Waals surface area (Å²) in [5.74, 6) is 0. The molecule has 5 heteroatoms. The summed E-state index contributed by atoms with van der Waals surface area (Å²) in [7, 11) is 1.00. The van der Waals surface area contributed by atoms with E-state index in [1.165, 1.54) is 0 Å². The second kappa shape index (κ2) is 2600. The number of aliphatic hydroxyl groups is 1. The highest BCUT2D eigenvalue weighted by atomic mass is 16.2. The third-order valence-electron chi connectivity index (χ3n) is 0. The van der Waals surface area contributed by atoms with E-state index in [4.69, 9.17) is 25.5 Å². The monoisotopic (exact) mass is 212 g/mol. The normalized spacial score (nSPS) is 1.57. The van der Waals surface area contributed by atoms with Crippen LogP contribution >= 0.6 is 0 Å². The second-order valence-electron chi connectivity index (χ2n) is 0.183. The molecule has 0 aliphatic carbocycles. The first-order valence-electron chi connectivity index (χ1n) is 1.30. The van der Waals surface area contributed by atoms with Crippen LogP contribution < -0.4 is 0 Å². The minimum atomic E-state index is 0. The van der Waals surface area contributed by atoms with Gasteiger partial charge in [0.25, 0.3) is 0 Å². The molecule has 0 saturated heterocycles. The van der Waals surface area contributed by atoms with E-state index >= 15 is 0 Å². The van der Waals surface area contributed by atoms with E-state index in [1.54, 1.807) is 0 Å². The van der Waals surface area contributed by atoms with E-state index in [0.29, 0.717) is 12.2 Å². The van der Waals surface area contributed by atoms with Crippen LogP contribution in [0.5, 0.6) is 0 Å². The molecule has 5 nitrogen and oxygen atoms in total. The number of hydrogen-bond donors (Lipinski definition) is 1. The Balaban J connectivity index is -0.00000000319. The van der Waals surface area contributed by atoms with Crippen LogP contribution in [0.4, 0.5) is 0 Å². The lowest BCUT2D eigenvalue weighted by Gasteiger charge is -1.32. The maximum absolute atomic E-state index is 8.24. The molecule has 0 spiro atoms. The average Bonchev–Trinajstić information content (AvgIpc) is 1.75. The highest BCUT2D eigenvalue weighted by molar-refractivity contribution is 5.37. The Morgan fingerprint density at radius 2 is 0.714 bits per heavy atom. The van der Waals surface area contributed by atoms with Crippen molar-refractivity contribution in [1.82, 2.24) is 0 Å². The van der Waals surface area contributed by atoms with Crippen molar-refractivity contribution in [3.63, 3.8) is 0 Å². The summed E-state index contributed by atoms with van der Waals surface area (Å²) in [6.45, 7) is 0. The molecule has 0 saturated carbocycles. The van der Waals surface area contributed by atoms with Gasteiger partial charge in [0.1, 0.15) is 0 Å². The summed E-state index contributed by atoms with van der Waals surface area (Å²) in [6, 6.07) is 0. The highest BCUT2D eigenvalue weighted by Crippen LogP contribution is 0.952. The van der Waals surface area contributed by atoms with Gasteiger partial charge in [-0.3, -0.25) is 9.59 Å². The van der Waals surface area contributed by atoms with Crippen molar-refractivity contribution in [1.29, 1.82) is 0 Å². The minimum Gasteiger partial charge on any atom is -0.724 e. The van der Waals surface area contributed by atoms with Crippen LogP contribution in [0.3, 0.4) is 0 Å². The Hall–Kier alpha value is -1.28. The molecule has 0 fully saturated rings. The quantitative estimate of drug-likeness (QED) is 0.493. The molecule has 0 aliphatic heterocycles. The number of carbonyl (C=O) groups excluding carboxylic acids is 2. The van der Waals surface area contributed by atoms with E-state index in [2.05, 4.69) is 0 Å². The fourth-order valence-electron chi connectivity index (χ4n) is 0. The van der Waals surface area contributed by atoms with Gasteiger partial charge in [0.2, 0.25) is 0 Å². The molecule has 0 rings (SSSR count). The molecule has 14 heavy (non-hydrogen) atoms. The Morgan fingerprint density at radius 1 is 0.714 bits per heavy atom. The van der Waals surface area contributed by atoms with Crippen molar-refractivity contribution >= 4 is 12.2 Å². The summed E-state index contributed by atoms with van der Waals surface area (Å²) in [4.78, 5) is 16.5. The molecule has 0 aromatic rings. The molecular formula is C9H28N2O3-2. The third kappa shape index (κ3) is 618. The van der Waals surface area contributed by atoms with E-state index < -0.39 is 0 Å². The standard InChI is InChI=1S/2CNO.CH4O.6CH4/c2*2-1-3;1-2;;;;;;/h;;2H,1H3;6*1H4/q2*-1;;;;;;;. The van der Waals surface area contributed by atoms with Crippen LogP contribution in [0.1, 0.15) is 44.6 Å². The topological polar surface area (TPSA) is 99.0 Å². The van der Waals surface area contributed by atoms with Gasteiger partial charge in [-0.1, -0.05) is 44.6 Å². The molecule has 0 aromatic heterocycles. The van der Waals surface area contributed by atoms with Crippen molar-refractivity contribution < 1.29 is 14.7 Å². The number of nitrogens with zero attached hydrogens (tertiary/aromatic N) is 2. The average molecular weight is 212 g/mol. The molecule has 0 aliphatic rings. The number of aliphatic hydroxyl groups excluding tert-OH is 1. The van der Waals surface area contributed by atoms with Crippen LogP contribution in [0.15, 0.2) is 0 Å². The van der Waals surface area contributed by atoms with Gasteiger partial charge in [-0.15, -0.1) is 0 Å². The Labute approximate surface area is 90.2 Å². The molecule has 0 radical (unpaired) electrons. The predicted molar refractivity (Wildman–Crippen MR) is 66.6 cm³/mol. The van der Waals surface area contributed by atoms with Gasteiger partial charge in [0.05, 0.1) is 0 Å². The zero-order valence-electron chi connectivity index (χ0n) is 4.16. The van der Waals surface area contributed by atoms with Crippen LogP contribution in [0.2, 0.25) is 0 Å². The predicted octanol–water partition coefficient (Wildman–Crippen LogP) is 3.21. The van der Waals surface area contributed by atoms with Gasteiger partial charge in [-0.25, -0.2) is 0 Å². The van der Waals surface area contributed by atoms with Crippen molar-refractivity contribution in [2.45, 2.75) is 44.6 Å². The summed E-state index contributed by atoms with van der Waals surface area (Å²) >= 11 is 0. The lowest BCUT2D eigenvalue weighted by molar-refractivity contribution is 0.399. The zero-order chi connectivity index (χ0) is 7.41. The maximum atomic E-state index is 8.24. The van der Waals surface area contributed by atoms with Gasteiger partial charge in [0.15, 0.2) is 0 Å². The molecular weight excluding hydrogens is 184 g/mol.